The molecule has 0 aliphatic carbocycles. The van der Waals surface area contributed by atoms with E-state index in [-0.39, 0.29) is 16.8 Å². The average Bonchev–Trinajstić information content (AvgIpc) is 2.44. The van der Waals surface area contributed by atoms with Crippen LogP contribution in [-0.2, 0) is 12.8 Å². The topological polar surface area (TPSA) is 12.0 Å². The van der Waals surface area contributed by atoms with Crippen LogP contribution in [0.15, 0.2) is 42.5 Å². The first-order valence-corrected chi connectivity index (χ1v) is 7.67. The Kier molecular flexibility index (Phi) is 6.04. The van der Waals surface area contributed by atoms with Gasteiger partial charge in [-0.15, -0.1) is 0 Å². The van der Waals surface area contributed by atoms with Crippen LogP contribution in [0.3, 0.4) is 0 Å². The smallest absolute Gasteiger partial charge is 0.144 e. The van der Waals surface area contributed by atoms with Gasteiger partial charge in [-0.25, -0.2) is 4.39 Å². The molecule has 0 aliphatic heterocycles. The third-order valence-corrected chi connectivity index (χ3v) is 3.97. The fraction of sp³-hybridized carbons (Fsp3) is 0.294. The van der Waals surface area contributed by atoms with Crippen LogP contribution in [0.4, 0.5) is 4.39 Å². The summed E-state index contributed by atoms with van der Waals surface area (Å²) in [5.41, 5.74) is 1.81. The van der Waals surface area contributed by atoms with Crippen molar-refractivity contribution in [2.75, 3.05) is 13.6 Å². The van der Waals surface area contributed by atoms with Gasteiger partial charge in [-0.05, 0) is 61.7 Å². The SMILES string of the molecule is CNCC(Cc1cccc(Cl)c1)Cc1cccc(Cl)c1F. The van der Waals surface area contributed by atoms with Crippen molar-refractivity contribution in [1.82, 2.24) is 5.32 Å². The summed E-state index contributed by atoms with van der Waals surface area (Å²) in [7, 11) is 1.90. The van der Waals surface area contributed by atoms with E-state index in [1.807, 2.05) is 31.3 Å². The molecule has 2 aromatic carbocycles. The van der Waals surface area contributed by atoms with Crippen molar-refractivity contribution < 1.29 is 4.39 Å². The maximum Gasteiger partial charge on any atom is 0.144 e. The van der Waals surface area contributed by atoms with Gasteiger partial charge in [0.25, 0.3) is 0 Å². The molecule has 112 valence electrons. The van der Waals surface area contributed by atoms with Crippen molar-refractivity contribution in [1.29, 1.82) is 0 Å². The second kappa shape index (κ2) is 7.79. The summed E-state index contributed by atoms with van der Waals surface area (Å²) >= 11 is 11.9. The molecule has 2 aromatic rings. The molecule has 1 nitrogen and oxygen atoms in total. The molecule has 2 rings (SSSR count). The van der Waals surface area contributed by atoms with Gasteiger partial charge in [0.2, 0.25) is 0 Å². The summed E-state index contributed by atoms with van der Waals surface area (Å²) < 4.78 is 14.0. The lowest BCUT2D eigenvalue weighted by Gasteiger charge is -2.17. The Morgan fingerprint density at radius 3 is 2.57 bits per heavy atom. The van der Waals surface area contributed by atoms with Crippen molar-refractivity contribution in [3.05, 3.63) is 69.5 Å². The average molecular weight is 326 g/mol. The molecule has 1 unspecified atom stereocenters. The molecule has 0 heterocycles. The minimum atomic E-state index is -0.314. The van der Waals surface area contributed by atoms with E-state index in [9.17, 15) is 4.39 Å². The highest BCUT2D eigenvalue weighted by molar-refractivity contribution is 6.31. The van der Waals surface area contributed by atoms with E-state index in [0.29, 0.717) is 12.0 Å². The zero-order chi connectivity index (χ0) is 15.2. The summed E-state index contributed by atoms with van der Waals surface area (Å²) in [5.74, 6) is -0.0344. The lowest BCUT2D eigenvalue weighted by Crippen LogP contribution is -2.23. The molecule has 4 heteroatoms. The van der Waals surface area contributed by atoms with E-state index in [0.717, 1.165) is 23.6 Å². The van der Waals surface area contributed by atoms with Crippen LogP contribution in [0.2, 0.25) is 10.0 Å². The summed E-state index contributed by atoms with van der Waals surface area (Å²) in [5, 5.41) is 4.07. The monoisotopic (exact) mass is 325 g/mol. The Bertz CT molecular complexity index is 601. The first-order chi connectivity index (χ1) is 10.1. The molecule has 0 saturated carbocycles. The van der Waals surface area contributed by atoms with Gasteiger partial charge >= 0.3 is 0 Å². The molecule has 0 fully saturated rings. The third-order valence-electron chi connectivity index (χ3n) is 3.45. The molecule has 1 N–H and O–H groups in total. The van der Waals surface area contributed by atoms with Gasteiger partial charge < -0.3 is 5.32 Å². The highest BCUT2D eigenvalue weighted by atomic mass is 35.5. The van der Waals surface area contributed by atoms with Crippen molar-refractivity contribution in [3.63, 3.8) is 0 Å². The quantitative estimate of drug-likeness (QED) is 0.807. The van der Waals surface area contributed by atoms with Crippen LogP contribution >= 0.6 is 23.2 Å². The Labute approximate surface area is 135 Å². The number of rotatable bonds is 6. The number of hydrogen-bond acceptors (Lipinski definition) is 1. The summed E-state index contributed by atoms with van der Waals surface area (Å²) in [6.45, 7) is 0.804. The molecule has 0 bridgehead atoms. The van der Waals surface area contributed by atoms with Crippen molar-refractivity contribution in [2.45, 2.75) is 12.8 Å². The fourth-order valence-electron chi connectivity index (χ4n) is 2.52. The molecule has 0 amide bonds. The number of nitrogens with one attached hydrogen (secondary N) is 1. The van der Waals surface area contributed by atoms with Gasteiger partial charge in [-0.2, -0.15) is 0 Å². The Morgan fingerprint density at radius 1 is 1.10 bits per heavy atom. The zero-order valence-electron chi connectivity index (χ0n) is 11.9. The molecular formula is C17H18Cl2FN. The van der Waals surface area contributed by atoms with Crippen LogP contribution in [-0.4, -0.2) is 13.6 Å². The second-order valence-corrected chi connectivity index (χ2v) is 6.02. The first kappa shape index (κ1) is 16.3. The number of halogens is 3. The summed E-state index contributed by atoms with van der Waals surface area (Å²) in [6, 6.07) is 13.0. The van der Waals surface area contributed by atoms with Crippen molar-refractivity contribution in [3.8, 4) is 0 Å². The first-order valence-electron chi connectivity index (χ1n) is 6.92. The van der Waals surface area contributed by atoms with E-state index in [1.165, 1.54) is 0 Å². The van der Waals surface area contributed by atoms with Gasteiger partial charge in [0.1, 0.15) is 5.82 Å². The zero-order valence-corrected chi connectivity index (χ0v) is 13.4. The fourth-order valence-corrected chi connectivity index (χ4v) is 2.93. The van der Waals surface area contributed by atoms with E-state index in [1.54, 1.807) is 18.2 Å². The van der Waals surface area contributed by atoms with Gasteiger partial charge in [0, 0.05) is 5.02 Å². The Balaban J connectivity index is 2.13. The molecule has 1 atom stereocenters. The largest absolute Gasteiger partial charge is 0.319 e. The minimum Gasteiger partial charge on any atom is -0.319 e. The van der Waals surface area contributed by atoms with Gasteiger partial charge in [0.15, 0.2) is 0 Å². The molecule has 0 aromatic heterocycles. The molecule has 0 aliphatic rings. The van der Waals surface area contributed by atoms with Crippen LogP contribution in [0.1, 0.15) is 11.1 Å². The van der Waals surface area contributed by atoms with Crippen LogP contribution in [0.25, 0.3) is 0 Å². The molecule has 0 radical (unpaired) electrons. The van der Waals surface area contributed by atoms with Crippen LogP contribution < -0.4 is 5.32 Å². The maximum atomic E-state index is 14.0. The number of hydrogen-bond donors (Lipinski definition) is 1. The van der Waals surface area contributed by atoms with E-state index >= 15 is 0 Å². The Morgan fingerprint density at radius 2 is 1.86 bits per heavy atom. The van der Waals surface area contributed by atoms with Crippen LogP contribution in [0, 0.1) is 11.7 Å². The lowest BCUT2D eigenvalue weighted by atomic mass is 9.92. The summed E-state index contributed by atoms with van der Waals surface area (Å²) in [4.78, 5) is 0. The molecule has 0 spiro atoms. The van der Waals surface area contributed by atoms with E-state index < -0.39 is 0 Å². The highest BCUT2D eigenvalue weighted by Crippen LogP contribution is 2.22. The second-order valence-electron chi connectivity index (χ2n) is 5.17. The van der Waals surface area contributed by atoms with Crippen LogP contribution in [0.5, 0.6) is 0 Å². The lowest BCUT2D eigenvalue weighted by molar-refractivity contribution is 0.480. The molecule has 0 saturated heterocycles. The normalized spacial score (nSPS) is 12.4. The predicted octanol–water partition coefficient (Wildman–Crippen LogP) is 4.75. The Hall–Kier alpha value is -1.09. The predicted molar refractivity (Wildman–Crippen MR) is 87.7 cm³/mol. The third kappa shape index (κ3) is 4.70. The van der Waals surface area contributed by atoms with Gasteiger partial charge in [-0.1, -0.05) is 47.5 Å². The molecule has 21 heavy (non-hydrogen) atoms. The van der Waals surface area contributed by atoms with Crippen molar-refractivity contribution >= 4 is 23.2 Å². The highest BCUT2D eigenvalue weighted by Gasteiger charge is 2.14. The summed E-state index contributed by atoms with van der Waals surface area (Å²) in [6.07, 6.45) is 1.48. The number of benzene rings is 2. The molecular weight excluding hydrogens is 308 g/mol. The maximum absolute atomic E-state index is 14.0. The van der Waals surface area contributed by atoms with E-state index in [2.05, 4.69) is 5.32 Å². The van der Waals surface area contributed by atoms with Gasteiger partial charge in [0.05, 0.1) is 5.02 Å². The minimum absolute atomic E-state index is 0.179. The van der Waals surface area contributed by atoms with E-state index in [4.69, 9.17) is 23.2 Å². The van der Waals surface area contributed by atoms with Gasteiger partial charge in [-0.3, -0.25) is 0 Å². The standard InChI is InChI=1S/C17H18Cl2FN/c1-21-11-13(8-12-4-2-6-15(18)10-12)9-14-5-3-7-16(19)17(14)20/h2-7,10,13,21H,8-9,11H2,1H3. The van der Waals surface area contributed by atoms with Crippen molar-refractivity contribution in [2.24, 2.45) is 5.92 Å².